The van der Waals surface area contributed by atoms with Crippen molar-refractivity contribution in [2.75, 3.05) is 39.3 Å². The Morgan fingerprint density at radius 3 is 2.38 bits per heavy atom. The number of likely N-dealkylation sites (tertiary alicyclic amines) is 2. The average Bonchev–Trinajstić information content (AvgIpc) is 2.66. The molecule has 0 spiro atoms. The Hall–Kier alpha value is -1.14. The normalized spacial score (nSPS) is 28.2. The van der Waals surface area contributed by atoms with E-state index in [1.165, 1.54) is 32.1 Å². The molecule has 148 valence electrons. The number of carboxylic acids is 1. The summed E-state index contributed by atoms with van der Waals surface area (Å²) in [6, 6.07) is 0.828. The summed E-state index contributed by atoms with van der Waals surface area (Å²) in [4.78, 5) is 30.5. The van der Waals surface area contributed by atoms with Crippen LogP contribution in [0.25, 0.3) is 0 Å². The van der Waals surface area contributed by atoms with Gasteiger partial charge >= 0.3 is 5.97 Å². The second-order valence-electron chi connectivity index (χ2n) is 8.31. The van der Waals surface area contributed by atoms with Crippen molar-refractivity contribution in [2.45, 2.75) is 70.4 Å². The molecule has 2 atom stereocenters. The number of carbonyl (C=O) groups excluding carboxylic acids is 1. The Bertz CT molecular complexity index is 489. The zero-order valence-corrected chi connectivity index (χ0v) is 16.2. The van der Waals surface area contributed by atoms with Gasteiger partial charge in [0.15, 0.2) is 0 Å². The number of carbonyl (C=O) groups is 2. The number of hydrogen-bond donors (Lipinski definition) is 1. The molecule has 0 aromatic heterocycles. The maximum absolute atomic E-state index is 12.9. The third-order valence-electron chi connectivity index (χ3n) is 6.74. The highest BCUT2D eigenvalue weighted by atomic mass is 16.4. The van der Waals surface area contributed by atoms with Crippen LogP contribution in [-0.2, 0) is 9.59 Å². The van der Waals surface area contributed by atoms with E-state index in [0.29, 0.717) is 24.5 Å². The number of fused-ring (bicyclic) bond motifs is 1. The first-order valence-electron chi connectivity index (χ1n) is 10.6. The molecule has 0 bridgehead atoms. The molecule has 0 radical (unpaired) electrons. The highest BCUT2D eigenvalue weighted by Crippen LogP contribution is 2.35. The lowest BCUT2D eigenvalue weighted by atomic mass is 9.78. The summed E-state index contributed by atoms with van der Waals surface area (Å²) < 4.78 is 0. The molecule has 6 nitrogen and oxygen atoms in total. The SMILES string of the molecule is CCN(CC(=O)O)C1CCN(CC(=O)N2CCCC3CCCCC32)CC1. The number of rotatable bonds is 6. The molecule has 3 fully saturated rings. The monoisotopic (exact) mass is 365 g/mol. The van der Waals surface area contributed by atoms with Gasteiger partial charge < -0.3 is 10.0 Å². The molecule has 3 aliphatic rings. The Labute approximate surface area is 157 Å². The molecule has 0 aromatic carbocycles. The first kappa shape index (κ1) is 19.6. The van der Waals surface area contributed by atoms with E-state index < -0.39 is 5.97 Å². The van der Waals surface area contributed by atoms with Crippen molar-refractivity contribution in [3.63, 3.8) is 0 Å². The van der Waals surface area contributed by atoms with Gasteiger partial charge in [-0.1, -0.05) is 19.8 Å². The number of nitrogens with zero attached hydrogens (tertiary/aromatic N) is 3. The van der Waals surface area contributed by atoms with Gasteiger partial charge in [0.1, 0.15) is 0 Å². The zero-order chi connectivity index (χ0) is 18.5. The Balaban J connectivity index is 1.48. The number of aliphatic carboxylic acids is 1. The fraction of sp³-hybridized carbons (Fsp3) is 0.900. The number of carboxylic acid groups (broad SMARTS) is 1. The lowest BCUT2D eigenvalue weighted by molar-refractivity contribution is -0.139. The summed E-state index contributed by atoms with van der Waals surface area (Å²) in [5.74, 6) is 0.302. The van der Waals surface area contributed by atoms with Crippen LogP contribution in [0.5, 0.6) is 0 Å². The highest BCUT2D eigenvalue weighted by Gasteiger charge is 2.36. The third-order valence-corrected chi connectivity index (χ3v) is 6.74. The maximum atomic E-state index is 12.9. The van der Waals surface area contributed by atoms with E-state index in [2.05, 4.69) is 14.7 Å². The second kappa shape index (κ2) is 9.18. The number of likely N-dealkylation sites (N-methyl/N-ethyl adjacent to an activating group) is 1. The van der Waals surface area contributed by atoms with Crippen LogP contribution in [0.3, 0.4) is 0 Å². The summed E-state index contributed by atoms with van der Waals surface area (Å²) in [5.41, 5.74) is 0. The van der Waals surface area contributed by atoms with Crippen molar-refractivity contribution >= 4 is 11.9 Å². The fourth-order valence-corrected chi connectivity index (χ4v) is 5.33. The molecule has 1 saturated carbocycles. The summed E-state index contributed by atoms with van der Waals surface area (Å²) in [7, 11) is 0. The van der Waals surface area contributed by atoms with Crippen LogP contribution in [0.4, 0.5) is 0 Å². The molecular weight excluding hydrogens is 330 g/mol. The Morgan fingerprint density at radius 1 is 1.00 bits per heavy atom. The van der Waals surface area contributed by atoms with Crippen LogP contribution in [0, 0.1) is 5.92 Å². The number of amides is 1. The number of hydrogen-bond acceptors (Lipinski definition) is 4. The van der Waals surface area contributed by atoms with E-state index >= 15 is 0 Å². The van der Waals surface area contributed by atoms with E-state index in [-0.39, 0.29) is 6.54 Å². The Morgan fingerprint density at radius 2 is 1.69 bits per heavy atom. The average molecular weight is 366 g/mol. The molecule has 3 rings (SSSR count). The molecule has 26 heavy (non-hydrogen) atoms. The highest BCUT2D eigenvalue weighted by molar-refractivity contribution is 5.78. The van der Waals surface area contributed by atoms with Gasteiger partial charge in [0.2, 0.25) is 5.91 Å². The molecule has 2 heterocycles. The molecule has 6 heteroatoms. The molecule has 2 unspecified atom stereocenters. The van der Waals surface area contributed by atoms with Gasteiger partial charge in [-0.3, -0.25) is 19.4 Å². The maximum Gasteiger partial charge on any atom is 0.317 e. The van der Waals surface area contributed by atoms with Crippen LogP contribution in [-0.4, -0.2) is 83.0 Å². The minimum atomic E-state index is -0.753. The van der Waals surface area contributed by atoms with Crippen molar-refractivity contribution in [1.82, 2.24) is 14.7 Å². The standard InChI is InChI=1S/C20H35N3O3/c1-2-22(15-20(25)26)17-9-12-21(13-10-17)14-19(24)23-11-5-7-16-6-3-4-8-18(16)23/h16-18H,2-15H2,1H3,(H,25,26). The minimum Gasteiger partial charge on any atom is -0.480 e. The first-order chi connectivity index (χ1) is 12.6. The van der Waals surface area contributed by atoms with Crippen molar-refractivity contribution in [3.8, 4) is 0 Å². The van der Waals surface area contributed by atoms with E-state index in [4.69, 9.17) is 5.11 Å². The van der Waals surface area contributed by atoms with Gasteiger partial charge in [0.05, 0.1) is 13.1 Å². The predicted octanol–water partition coefficient (Wildman–Crippen LogP) is 2.04. The summed E-state index contributed by atoms with van der Waals surface area (Å²) >= 11 is 0. The molecule has 1 aliphatic carbocycles. The molecule has 2 saturated heterocycles. The van der Waals surface area contributed by atoms with Crippen molar-refractivity contribution in [2.24, 2.45) is 5.92 Å². The zero-order valence-electron chi connectivity index (χ0n) is 16.2. The van der Waals surface area contributed by atoms with Gasteiger partial charge in [0, 0.05) is 31.7 Å². The van der Waals surface area contributed by atoms with Crippen LogP contribution in [0.1, 0.15) is 58.3 Å². The minimum absolute atomic E-state index is 0.122. The molecular formula is C20H35N3O3. The molecule has 1 N–H and O–H groups in total. The second-order valence-corrected chi connectivity index (χ2v) is 8.31. The summed E-state index contributed by atoms with van der Waals surface area (Å²) in [6.07, 6.45) is 9.48. The van der Waals surface area contributed by atoms with Gasteiger partial charge in [0.25, 0.3) is 0 Å². The van der Waals surface area contributed by atoms with Crippen LogP contribution < -0.4 is 0 Å². The predicted molar refractivity (Wildman–Crippen MR) is 101 cm³/mol. The van der Waals surface area contributed by atoms with E-state index in [0.717, 1.165) is 51.4 Å². The smallest absolute Gasteiger partial charge is 0.317 e. The lowest BCUT2D eigenvalue weighted by Gasteiger charge is -2.45. The van der Waals surface area contributed by atoms with Crippen LogP contribution in [0.15, 0.2) is 0 Å². The van der Waals surface area contributed by atoms with Gasteiger partial charge in [-0.25, -0.2) is 0 Å². The summed E-state index contributed by atoms with van der Waals surface area (Å²) in [6.45, 7) is 6.20. The molecule has 1 amide bonds. The van der Waals surface area contributed by atoms with E-state index in [1.54, 1.807) is 0 Å². The first-order valence-corrected chi connectivity index (χ1v) is 10.6. The van der Waals surface area contributed by atoms with Crippen LogP contribution in [0.2, 0.25) is 0 Å². The largest absolute Gasteiger partial charge is 0.480 e. The van der Waals surface area contributed by atoms with E-state index in [9.17, 15) is 9.59 Å². The van der Waals surface area contributed by atoms with E-state index in [1.807, 2.05) is 6.92 Å². The quantitative estimate of drug-likeness (QED) is 0.780. The van der Waals surface area contributed by atoms with Gasteiger partial charge in [-0.15, -0.1) is 0 Å². The lowest BCUT2D eigenvalue weighted by Crippen LogP contribution is -2.54. The summed E-state index contributed by atoms with van der Waals surface area (Å²) in [5, 5.41) is 9.05. The molecule has 2 aliphatic heterocycles. The van der Waals surface area contributed by atoms with Crippen molar-refractivity contribution in [1.29, 1.82) is 0 Å². The third kappa shape index (κ3) is 4.77. The van der Waals surface area contributed by atoms with Gasteiger partial charge in [-0.05, 0) is 51.0 Å². The Kier molecular flexibility index (Phi) is 6.92. The fourth-order valence-electron chi connectivity index (χ4n) is 5.33. The van der Waals surface area contributed by atoms with Crippen molar-refractivity contribution in [3.05, 3.63) is 0 Å². The van der Waals surface area contributed by atoms with Gasteiger partial charge in [-0.2, -0.15) is 0 Å². The van der Waals surface area contributed by atoms with Crippen LogP contribution >= 0.6 is 0 Å². The number of piperidine rings is 2. The molecule has 0 aromatic rings. The topological polar surface area (TPSA) is 64.1 Å². The van der Waals surface area contributed by atoms with Crippen molar-refractivity contribution < 1.29 is 14.7 Å².